The molecule has 0 saturated heterocycles. The Morgan fingerprint density at radius 1 is 1.46 bits per heavy atom. The summed E-state index contributed by atoms with van der Waals surface area (Å²) in [5, 5.41) is 0. The second-order valence-corrected chi connectivity index (χ2v) is 3.61. The quantitative estimate of drug-likeness (QED) is 0.401. The topological polar surface area (TPSA) is 96.9 Å². The number of nitrogens with one attached hydrogen (secondary N) is 1. The van der Waals surface area contributed by atoms with Gasteiger partial charge in [-0.2, -0.15) is 0 Å². The molecule has 6 nitrogen and oxygen atoms in total. The molecule has 13 heavy (non-hydrogen) atoms. The van der Waals surface area contributed by atoms with E-state index >= 15 is 0 Å². The van der Waals surface area contributed by atoms with Crippen molar-refractivity contribution in [1.29, 1.82) is 0 Å². The third kappa shape index (κ3) is 24.5. The summed E-state index contributed by atoms with van der Waals surface area (Å²) < 4.78 is 32.0. The van der Waals surface area contributed by atoms with E-state index in [1.165, 1.54) is 11.8 Å². The van der Waals surface area contributed by atoms with Crippen molar-refractivity contribution in [2.75, 3.05) is 33.8 Å². The van der Waals surface area contributed by atoms with Gasteiger partial charge in [-0.05, 0) is 6.92 Å². The van der Waals surface area contributed by atoms with E-state index in [2.05, 4.69) is 18.3 Å². The second kappa shape index (κ2) is 8.39. The van der Waals surface area contributed by atoms with Crippen molar-refractivity contribution in [3.63, 3.8) is 0 Å². The summed E-state index contributed by atoms with van der Waals surface area (Å²) in [6, 6.07) is 0. The van der Waals surface area contributed by atoms with E-state index in [-0.39, 0.29) is 6.61 Å². The van der Waals surface area contributed by atoms with Crippen LogP contribution < -0.4 is 10.6 Å². The number of likely N-dealkylation sites (N-methyl/N-ethyl adjacent to an activating group) is 1. The lowest BCUT2D eigenvalue weighted by Gasteiger charge is -2.02. The average Bonchev–Trinajstić information content (AvgIpc) is 1.84. The molecule has 0 rings (SSSR count). The Morgan fingerprint density at radius 2 is 1.92 bits per heavy atom. The molecule has 0 saturated carbocycles. The van der Waals surface area contributed by atoms with E-state index in [4.69, 9.17) is 5.73 Å². The first-order valence-corrected chi connectivity index (χ1v) is 5.26. The summed E-state index contributed by atoms with van der Waals surface area (Å²) in [5.74, 6) is 0. The molecule has 82 valence electrons. The lowest BCUT2D eigenvalue weighted by molar-refractivity contribution is -0.856. The van der Waals surface area contributed by atoms with Crippen LogP contribution in [0.15, 0.2) is 0 Å². The van der Waals surface area contributed by atoms with Gasteiger partial charge in [-0.3, -0.25) is 4.18 Å². The van der Waals surface area contributed by atoms with Gasteiger partial charge in [0.25, 0.3) is 0 Å². The molecule has 0 aliphatic rings. The molecular formula is C6H18N2O4S. The minimum Gasteiger partial charge on any atom is -0.726 e. The van der Waals surface area contributed by atoms with Gasteiger partial charge in [-0.1, -0.05) is 0 Å². The van der Waals surface area contributed by atoms with Crippen LogP contribution >= 0.6 is 0 Å². The molecule has 0 aliphatic heterocycles. The summed E-state index contributed by atoms with van der Waals surface area (Å²) >= 11 is 0. The number of nitrogens with two attached hydrogens (primary N) is 1. The number of hydrogen-bond donors (Lipinski definition) is 2. The van der Waals surface area contributed by atoms with E-state index < -0.39 is 10.4 Å². The van der Waals surface area contributed by atoms with Gasteiger partial charge in [0.05, 0.1) is 27.2 Å². The fraction of sp³-hybridized carbons (Fsp3) is 1.00. The van der Waals surface area contributed by atoms with Crippen LogP contribution in [-0.4, -0.2) is 46.8 Å². The lowest BCUT2D eigenvalue weighted by atomic mass is 10.6. The standard InChI is InChI=1S/C4H12N2.C2H6O4S/c1-6(2)4-3-5;1-2-6-7(3,4)5/h3-5H2,1-2H3;2H2,1H3,(H,3,4,5). The molecule has 3 N–H and O–H groups in total. The van der Waals surface area contributed by atoms with Crippen molar-refractivity contribution in [2.45, 2.75) is 6.92 Å². The molecule has 7 heteroatoms. The van der Waals surface area contributed by atoms with E-state index in [1.54, 1.807) is 0 Å². The Hall–Kier alpha value is -0.210. The van der Waals surface area contributed by atoms with Crippen LogP contribution in [0.3, 0.4) is 0 Å². The van der Waals surface area contributed by atoms with Gasteiger partial charge in [0, 0.05) is 6.54 Å². The first-order valence-electron chi connectivity index (χ1n) is 3.92. The zero-order chi connectivity index (χ0) is 10.9. The average molecular weight is 214 g/mol. The summed E-state index contributed by atoms with van der Waals surface area (Å²) in [6.07, 6.45) is 0. The minimum atomic E-state index is -4.42. The maximum atomic E-state index is 9.45. The molecule has 0 spiro atoms. The van der Waals surface area contributed by atoms with Crippen LogP contribution in [0.5, 0.6) is 0 Å². The van der Waals surface area contributed by atoms with Gasteiger partial charge in [-0.25, -0.2) is 8.42 Å². The molecule has 0 unspecified atom stereocenters. The third-order valence-electron chi connectivity index (χ3n) is 0.907. The number of hydrogen-bond acceptors (Lipinski definition) is 5. The Kier molecular flexibility index (Phi) is 9.86. The van der Waals surface area contributed by atoms with E-state index in [1.807, 2.05) is 0 Å². The lowest BCUT2D eigenvalue weighted by Crippen LogP contribution is -3.06. The van der Waals surface area contributed by atoms with Crippen LogP contribution in [0.25, 0.3) is 0 Å². The third-order valence-corrected chi connectivity index (χ3v) is 1.43. The smallest absolute Gasteiger partial charge is 0.217 e. The zero-order valence-electron chi connectivity index (χ0n) is 8.24. The highest BCUT2D eigenvalue weighted by Crippen LogP contribution is 1.80. The predicted molar refractivity (Wildman–Crippen MR) is 48.1 cm³/mol. The van der Waals surface area contributed by atoms with Crippen molar-refractivity contribution in [1.82, 2.24) is 0 Å². The fourth-order valence-corrected chi connectivity index (χ4v) is 0.722. The van der Waals surface area contributed by atoms with Crippen LogP contribution in [0.1, 0.15) is 6.92 Å². The van der Waals surface area contributed by atoms with Crippen molar-refractivity contribution in [2.24, 2.45) is 5.73 Å². The van der Waals surface area contributed by atoms with Crippen molar-refractivity contribution >= 4 is 10.4 Å². The maximum absolute atomic E-state index is 9.45. The second-order valence-electron chi connectivity index (χ2n) is 2.56. The first-order chi connectivity index (χ1) is 5.83. The highest BCUT2D eigenvalue weighted by atomic mass is 32.3. The Labute approximate surface area is 79.6 Å². The molecule has 0 heterocycles. The van der Waals surface area contributed by atoms with Gasteiger partial charge in [0.1, 0.15) is 0 Å². The van der Waals surface area contributed by atoms with Crippen molar-refractivity contribution < 1.29 is 22.1 Å². The molecular weight excluding hydrogens is 196 g/mol. The zero-order valence-corrected chi connectivity index (χ0v) is 9.06. The molecule has 0 fully saturated rings. The van der Waals surface area contributed by atoms with Crippen LogP contribution in [-0.2, 0) is 14.6 Å². The normalized spacial score (nSPS) is 10.9. The predicted octanol–water partition coefficient (Wildman–Crippen LogP) is -2.43. The van der Waals surface area contributed by atoms with Gasteiger partial charge >= 0.3 is 0 Å². The summed E-state index contributed by atoms with van der Waals surface area (Å²) in [4.78, 5) is 1.41. The molecule has 0 aliphatic carbocycles. The Morgan fingerprint density at radius 3 is 1.92 bits per heavy atom. The van der Waals surface area contributed by atoms with Crippen molar-refractivity contribution in [3.05, 3.63) is 0 Å². The van der Waals surface area contributed by atoms with Gasteiger partial charge in [0.2, 0.25) is 10.4 Å². The highest BCUT2D eigenvalue weighted by Gasteiger charge is 1.85. The monoisotopic (exact) mass is 214 g/mol. The number of rotatable bonds is 4. The van der Waals surface area contributed by atoms with Gasteiger partial charge < -0.3 is 15.2 Å². The molecule has 0 bridgehead atoms. The van der Waals surface area contributed by atoms with Crippen LogP contribution in [0.4, 0.5) is 0 Å². The number of quaternary nitrogens is 1. The SMILES string of the molecule is CCOS(=O)(=O)[O-].C[NH+](C)CCN. The maximum Gasteiger partial charge on any atom is 0.217 e. The molecule has 0 aromatic carbocycles. The summed E-state index contributed by atoms with van der Waals surface area (Å²) in [5.41, 5.74) is 5.21. The molecule has 0 amide bonds. The van der Waals surface area contributed by atoms with Gasteiger partial charge in [-0.15, -0.1) is 0 Å². The highest BCUT2D eigenvalue weighted by molar-refractivity contribution is 7.80. The van der Waals surface area contributed by atoms with Crippen LogP contribution in [0, 0.1) is 0 Å². The molecule has 0 aromatic rings. The van der Waals surface area contributed by atoms with Crippen molar-refractivity contribution in [3.8, 4) is 0 Å². The molecule has 0 radical (unpaired) electrons. The van der Waals surface area contributed by atoms with Gasteiger partial charge in [0.15, 0.2) is 0 Å². The first kappa shape index (κ1) is 15.3. The van der Waals surface area contributed by atoms with Crippen LogP contribution in [0.2, 0.25) is 0 Å². The summed E-state index contributed by atoms with van der Waals surface area (Å²) in [6.45, 7) is 3.20. The molecule has 0 atom stereocenters. The largest absolute Gasteiger partial charge is 0.726 e. The summed E-state index contributed by atoms with van der Waals surface area (Å²) in [7, 11) is -0.244. The van der Waals surface area contributed by atoms with E-state index in [9.17, 15) is 13.0 Å². The fourth-order valence-electron chi connectivity index (χ4n) is 0.433. The van der Waals surface area contributed by atoms with E-state index in [0.717, 1.165) is 13.1 Å². The van der Waals surface area contributed by atoms with E-state index in [0.29, 0.717) is 0 Å². The molecule has 0 aromatic heterocycles. The minimum absolute atomic E-state index is 0.0914. The Balaban J connectivity index is 0. The Bertz CT molecular complexity index is 191.